The first-order chi connectivity index (χ1) is 13.7. The molecular formula is C24H22N2S2. The third kappa shape index (κ3) is 2.13. The van der Waals surface area contributed by atoms with Crippen molar-refractivity contribution in [3.63, 3.8) is 0 Å². The van der Waals surface area contributed by atoms with Gasteiger partial charge < -0.3 is 9.97 Å². The maximum Gasteiger partial charge on any atom is 0.0496 e. The molecule has 0 saturated heterocycles. The van der Waals surface area contributed by atoms with Gasteiger partial charge in [0.05, 0.1) is 0 Å². The summed E-state index contributed by atoms with van der Waals surface area (Å²) in [6.45, 7) is 4.48. The Morgan fingerprint density at radius 2 is 1.14 bits per heavy atom. The predicted molar refractivity (Wildman–Crippen MR) is 128 cm³/mol. The van der Waals surface area contributed by atoms with Crippen molar-refractivity contribution >= 4 is 55.3 Å². The van der Waals surface area contributed by atoms with Crippen molar-refractivity contribution in [3.05, 3.63) is 70.7 Å². The molecular weight excluding hydrogens is 380 g/mol. The minimum atomic E-state index is 0. The van der Waals surface area contributed by atoms with Gasteiger partial charge in [0.1, 0.15) is 0 Å². The van der Waals surface area contributed by atoms with Crippen LogP contribution in [-0.4, -0.2) is 9.97 Å². The fourth-order valence-corrected chi connectivity index (χ4v) is 5.91. The Morgan fingerprint density at radius 3 is 1.54 bits per heavy atom. The Hall–Kier alpha value is -2.82. The van der Waals surface area contributed by atoms with E-state index in [0.717, 1.165) is 0 Å². The lowest BCUT2D eigenvalue weighted by molar-refractivity contribution is 1.42. The van der Waals surface area contributed by atoms with Gasteiger partial charge in [-0.05, 0) is 70.8 Å². The van der Waals surface area contributed by atoms with E-state index in [9.17, 15) is 0 Å². The molecule has 0 fully saturated rings. The third-order valence-corrected chi connectivity index (χ3v) is 7.65. The van der Waals surface area contributed by atoms with E-state index in [1.54, 1.807) is 22.7 Å². The lowest BCUT2D eigenvalue weighted by Gasteiger charge is -2.10. The number of nitrogens with one attached hydrogen (secondary N) is 2. The van der Waals surface area contributed by atoms with E-state index < -0.39 is 0 Å². The van der Waals surface area contributed by atoms with E-state index in [1.165, 1.54) is 64.6 Å². The third-order valence-electron chi connectivity index (χ3n) is 5.84. The van der Waals surface area contributed by atoms with Gasteiger partial charge in [0.25, 0.3) is 0 Å². The van der Waals surface area contributed by atoms with Crippen molar-refractivity contribution in [2.24, 2.45) is 0 Å². The van der Waals surface area contributed by atoms with Crippen LogP contribution in [0.5, 0.6) is 0 Å². The van der Waals surface area contributed by atoms with Gasteiger partial charge in [0.2, 0.25) is 0 Å². The van der Waals surface area contributed by atoms with Crippen molar-refractivity contribution in [2.45, 2.75) is 13.8 Å². The molecule has 0 aliphatic heterocycles. The molecule has 0 bridgehead atoms. The monoisotopic (exact) mass is 402 g/mol. The number of thiophene rings is 2. The summed E-state index contributed by atoms with van der Waals surface area (Å²) in [5, 5.41) is 9.55. The fourth-order valence-electron chi connectivity index (χ4n) is 4.39. The Labute approximate surface area is 173 Å². The number of hydrogen-bond acceptors (Lipinski definition) is 2. The largest absolute Gasteiger partial charge is 0.360 e. The van der Waals surface area contributed by atoms with E-state index in [4.69, 9.17) is 0 Å². The van der Waals surface area contributed by atoms with Gasteiger partial charge in [-0.25, -0.2) is 0 Å². The van der Waals surface area contributed by atoms with Crippen LogP contribution in [0.2, 0.25) is 0 Å². The van der Waals surface area contributed by atoms with Crippen LogP contribution in [0.1, 0.15) is 14.0 Å². The average molecular weight is 403 g/mol. The summed E-state index contributed by atoms with van der Waals surface area (Å²) in [6, 6.07) is 13.4. The van der Waals surface area contributed by atoms with Gasteiger partial charge in [0, 0.05) is 57.9 Å². The highest BCUT2D eigenvalue weighted by Crippen LogP contribution is 2.41. The summed E-state index contributed by atoms with van der Waals surface area (Å²) in [5.74, 6) is 0. The Morgan fingerprint density at radius 1 is 0.679 bits per heavy atom. The van der Waals surface area contributed by atoms with Crippen LogP contribution < -0.4 is 0 Å². The minimum absolute atomic E-state index is 0. The SMILES string of the molecule is Cc1c2cc3c(-c4cccs4)c[nH]c3c(C)c2cc2c(-c3cccs3)c[nH]c12.[HH].[HH]. The first kappa shape index (κ1) is 16.2. The Balaban J connectivity index is 0.00000109. The second-order valence-corrected chi connectivity index (χ2v) is 9.20. The molecule has 2 aromatic carbocycles. The van der Waals surface area contributed by atoms with E-state index >= 15 is 0 Å². The van der Waals surface area contributed by atoms with Gasteiger partial charge >= 0.3 is 0 Å². The van der Waals surface area contributed by atoms with Crippen LogP contribution in [0.3, 0.4) is 0 Å². The lowest BCUT2D eigenvalue weighted by Crippen LogP contribution is -1.87. The zero-order valence-electron chi connectivity index (χ0n) is 15.6. The standard InChI is InChI=1S/C24H18N2S2.2H2/c1-13-15-9-18-20(22-6-4-8-28-22)12-26-24(18)14(2)16(15)10-17-19(11-25-23(13)17)21-5-3-7-27-21;;/h3-12,25-26H,1-2H3;2*1H. The molecule has 140 valence electrons. The predicted octanol–water partition coefficient (Wildman–Crippen LogP) is 8.37. The van der Waals surface area contributed by atoms with Crippen molar-refractivity contribution in [3.8, 4) is 20.9 Å². The molecule has 0 atom stereocenters. The van der Waals surface area contributed by atoms with Crippen LogP contribution in [0, 0.1) is 13.8 Å². The number of H-pyrrole nitrogens is 2. The van der Waals surface area contributed by atoms with E-state index in [2.05, 4.69) is 83.4 Å². The summed E-state index contributed by atoms with van der Waals surface area (Å²) in [7, 11) is 0. The molecule has 0 amide bonds. The first-order valence-corrected chi connectivity index (χ1v) is 11.1. The number of aryl methyl sites for hydroxylation is 2. The smallest absolute Gasteiger partial charge is 0.0496 e. The van der Waals surface area contributed by atoms with Crippen molar-refractivity contribution in [1.82, 2.24) is 9.97 Å². The van der Waals surface area contributed by atoms with Crippen LogP contribution >= 0.6 is 22.7 Å². The molecule has 6 rings (SSSR count). The molecule has 6 aromatic rings. The van der Waals surface area contributed by atoms with Crippen molar-refractivity contribution < 1.29 is 2.85 Å². The van der Waals surface area contributed by atoms with Gasteiger partial charge in [-0.2, -0.15) is 0 Å². The Bertz CT molecular complexity index is 1360. The average Bonchev–Trinajstić information content (AvgIpc) is 3.48. The molecule has 28 heavy (non-hydrogen) atoms. The zero-order valence-corrected chi connectivity index (χ0v) is 17.2. The molecule has 0 aliphatic rings. The highest BCUT2D eigenvalue weighted by atomic mass is 32.1. The number of benzene rings is 2. The summed E-state index contributed by atoms with van der Waals surface area (Å²) < 4.78 is 0. The summed E-state index contributed by atoms with van der Waals surface area (Å²) in [5.41, 5.74) is 7.70. The zero-order chi connectivity index (χ0) is 18.8. The van der Waals surface area contributed by atoms with Crippen molar-refractivity contribution in [2.75, 3.05) is 0 Å². The molecule has 0 spiro atoms. The molecule has 0 saturated carbocycles. The minimum Gasteiger partial charge on any atom is -0.360 e. The molecule has 2 nitrogen and oxygen atoms in total. The van der Waals surface area contributed by atoms with E-state index in [1.807, 2.05) is 0 Å². The maximum absolute atomic E-state index is 3.54. The fraction of sp³-hybridized carbons (Fsp3) is 0.0833. The molecule has 2 N–H and O–H groups in total. The van der Waals surface area contributed by atoms with Crippen LogP contribution in [0.15, 0.2) is 59.6 Å². The van der Waals surface area contributed by atoms with Crippen LogP contribution in [0.25, 0.3) is 53.5 Å². The lowest BCUT2D eigenvalue weighted by atomic mass is 9.94. The summed E-state index contributed by atoms with van der Waals surface area (Å²) in [6.07, 6.45) is 4.31. The number of fused-ring (bicyclic) bond motifs is 3. The number of hydrogen-bond donors (Lipinski definition) is 2. The first-order valence-electron chi connectivity index (χ1n) is 9.35. The van der Waals surface area contributed by atoms with Crippen molar-refractivity contribution in [1.29, 1.82) is 0 Å². The summed E-state index contributed by atoms with van der Waals surface area (Å²) >= 11 is 3.58. The molecule has 4 heterocycles. The summed E-state index contributed by atoms with van der Waals surface area (Å²) in [4.78, 5) is 9.70. The van der Waals surface area contributed by atoms with E-state index in [0.29, 0.717) is 0 Å². The second kappa shape index (κ2) is 5.84. The van der Waals surface area contributed by atoms with Gasteiger partial charge in [-0.15, -0.1) is 22.7 Å². The second-order valence-electron chi connectivity index (χ2n) is 7.30. The molecule has 0 aliphatic carbocycles. The van der Waals surface area contributed by atoms with Gasteiger partial charge in [0.15, 0.2) is 0 Å². The number of rotatable bonds is 2. The van der Waals surface area contributed by atoms with Crippen LogP contribution in [-0.2, 0) is 0 Å². The highest BCUT2D eigenvalue weighted by Gasteiger charge is 2.16. The molecule has 4 heteroatoms. The number of aromatic nitrogens is 2. The quantitative estimate of drug-likeness (QED) is 0.291. The normalized spacial score (nSPS) is 11.9. The molecule has 0 radical (unpaired) electrons. The van der Waals surface area contributed by atoms with E-state index in [-0.39, 0.29) is 2.85 Å². The topological polar surface area (TPSA) is 31.6 Å². The highest BCUT2D eigenvalue weighted by molar-refractivity contribution is 7.14. The van der Waals surface area contributed by atoms with Gasteiger partial charge in [-0.3, -0.25) is 0 Å². The molecule has 4 aromatic heterocycles. The van der Waals surface area contributed by atoms with Gasteiger partial charge in [-0.1, -0.05) is 12.1 Å². The number of aromatic amines is 2. The van der Waals surface area contributed by atoms with Crippen LogP contribution in [0.4, 0.5) is 0 Å². The Kier molecular flexibility index (Phi) is 3.37. The molecule has 0 unspecified atom stereocenters. The maximum atomic E-state index is 3.54.